The molecule has 162 valence electrons. The molecule has 2 aromatic rings. The summed E-state index contributed by atoms with van der Waals surface area (Å²) >= 11 is 1.60. The van der Waals surface area contributed by atoms with E-state index in [4.69, 9.17) is 9.47 Å². The summed E-state index contributed by atoms with van der Waals surface area (Å²) < 4.78 is 11.9. The Morgan fingerprint density at radius 1 is 1.30 bits per heavy atom. The fourth-order valence-corrected chi connectivity index (χ4v) is 6.65. The maximum Gasteiger partial charge on any atom is 0.311 e. The van der Waals surface area contributed by atoms with Crippen LogP contribution < -0.4 is 4.74 Å². The predicted molar refractivity (Wildman–Crippen MR) is 113 cm³/mol. The molecule has 3 heterocycles. The average Bonchev–Trinajstić information content (AvgIpc) is 3.34. The summed E-state index contributed by atoms with van der Waals surface area (Å²) in [5.74, 6) is -0.465. The van der Waals surface area contributed by atoms with Crippen molar-refractivity contribution in [2.75, 3.05) is 32.9 Å². The van der Waals surface area contributed by atoms with Gasteiger partial charge in [0.25, 0.3) is 0 Å². The van der Waals surface area contributed by atoms with Crippen LogP contribution in [0.15, 0.2) is 12.3 Å². The lowest BCUT2D eigenvalue weighted by Gasteiger charge is -2.48. The van der Waals surface area contributed by atoms with Crippen LogP contribution in [0.2, 0.25) is 0 Å². The molecule has 5 rings (SSSR count). The number of thiophene rings is 1. The van der Waals surface area contributed by atoms with Gasteiger partial charge in [0.05, 0.1) is 37.2 Å². The van der Waals surface area contributed by atoms with Gasteiger partial charge in [0.2, 0.25) is 0 Å². The van der Waals surface area contributed by atoms with Gasteiger partial charge in [0.15, 0.2) is 0 Å². The summed E-state index contributed by atoms with van der Waals surface area (Å²) in [5.41, 5.74) is 0.745. The van der Waals surface area contributed by atoms with Crippen molar-refractivity contribution in [1.82, 2.24) is 9.88 Å². The fourth-order valence-electron chi connectivity index (χ4n) is 5.42. The molecule has 2 aliphatic carbocycles. The lowest BCUT2D eigenvalue weighted by Crippen LogP contribution is -2.58. The molecule has 0 bridgehead atoms. The third kappa shape index (κ3) is 3.39. The Bertz CT molecular complexity index is 931. The van der Waals surface area contributed by atoms with Crippen LogP contribution >= 0.6 is 11.3 Å². The van der Waals surface area contributed by atoms with Crippen LogP contribution in [0.3, 0.4) is 0 Å². The van der Waals surface area contributed by atoms with Gasteiger partial charge in [0.1, 0.15) is 10.6 Å². The number of fused-ring (bicyclic) bond motifs is 3. The molecule has 1 saturated carbocycles. The maximum atomic E-state index is 11.8. The molecule has 3 aliphatic rings. The van der Waals surface area contributed by atoms with Crippen molar-refractivity contribution in [1.29, 1.82) is 0 Å². The molecule has 8 heteroatoms. The molecule has 1 aliphatic heterocycles. The monoisotopic (exact) mass is 432 g/mol. The molecule has 7 nitrogen and oxygen atoms in total. The Morgan fingerprint density at radius 2 is 2.07 bits per heavy atom. The topological polar surface area (TPSA) is 92.1 Å². The third-order valence-corrected chi connectivity index (χ3v) is 8.28. The minimum absolute atomic E-state index is 0.0662. The van der Waals surface area contributed by atoms with Crippen molar-refractivity contribution >= 4 is 27.5 Å². The van der Waals surface area contributed by atoms with Crippen molar-refractivity contribution in [2.24, 2.45) is 0 Å². The number of carboxylic acids is 1. The molecule has 0 aromatic carbocycles. The van der Waals surface area contributed by atoms with Gasteiger partial charge in [-0.2, -0.15) is 0 Å². The van der Waals surface area contributed by atoms with Crippen LogP contribution in [-0.4, -0.2) is 70.6 Å². The number of morpholine rings is 1. The highest BCUT2D eigenvalue weighted by Gasteiger charge is 2.41. The quantitative estimate of drug-likeness (QED) is 0.751. The van der Waals surface area contributed by atoms with E-state index in [1.165, 1.54) is 0 Å². The van der Waals surface area contributed by atoms with Gasteiger partial charge in [-0.1, -0.05) is 0 Å². The number of aliphatic hydroxyl groups excluding tert-OH is 1. The molecular formula is C22H28N2O5S. The number of nitrogens with zero attached hydrogens (tertiary/aromatic N) is 2. The number of hydrogen-bond donors (Lipinski definition) is 2. The zero-order valence-electron chi connectivity index (χ0n) is 17.0. The zero-order chi connectivity index (χ0) is 20.7. The van der Waals surface area contributed by atoms with Crippen LogP contribution in [0, 0.1) is 0 Å². The molecule has 1 saturated heterocycles. The zero-order valence-corrected chi connectivity index (χ0v) is 17.8. The fraction of sp³-hybridized carbons (Fsp3) is 0.636. The lowest BCUT2D eigenvalue weighted by atomic mass is 9.79. The first-order chi connectivity index (χ1) is 14.6. The van der Waals surface area contributed by atoms with Crippen molar-refractivity contribution in [3.05, 3.63) is 22.7 Å². The number of pyridine rings is 1. The molecule has 0 radical (unpaired) electrons. The van der Waals surface area contributed by atoms with Gasteiger partial charge >= 0.3 is 5.97 Å². The smallest absolute Gasteiger partial charge is 0.311 e. The Morgan fingerprint density at radius 3 is 2.77 bits per heavy atom. The summed E-state index contributed by atoms with van der Waals surface area (Å²) in [5, 5.41) is 20.7. The molecule has 2 aromatic heterocycles. The average molecular weight is 433 g/mol. The second-order valence-corrected chi connectivity index (χ2v) is 9.74. The van der Waals surface area contributed by atoms with E-state index in [0.717, 1.165) is 84.8 Å². The van der Waals surface area contributed by atoms with E-state index >= 15 is 0 Å². The van der Waals surface area contributed by atoms with Crippen LogP contribution in [0.25, 0.3) is 10.2 Å². The van der Waals surface area contributed by atoms with E-state index < -0.39 is 11.9 Å². The van der Waals surface area contributed by atoms with Crippen molar-refractivity contribution in [3.63, 3.8) is 0 Å². The van der Waals surface area contributed by atoms with Gasteiger partial charge in [-0.3, -0.25) is 9.69 Å². The normalized spacial score (nSPS) is 29.8. The summed E-state index contributed by atoms with van der Waals surface area (Å²) in [4.78, 5) is 20.6. The van der Waals surface area contributed by atoms with E-state index in [9.17, 15) is 15.0 Å². The first kappa shape index (κ1) is 20.2. The number of rotatable bonds is 5. The summed E-state index contributed by atoms with van der Waals surface area (Å²) in [7, 11) is 0. The molecule has 0 amide bonds. The predicted octanol–water partition coefficient (Wildman–Crippen LogP) is 2.80. The number of carbonyl (C=O) groups is 1. The Balaban J connectivity index is 1.35. The Hall–Kier alpha value is -1.74. The SMILES string of the molecule is O=C(O)[C@H]1CCc2sc3nccc(OC4CCC(CO)(N5CCOCC5)CC4)c3c21. The lowest BCUT2D eigenvalue weighted by molar-refractivity contribution is -0.138. The van der Waals surface area contributed by atoms with E-state index in [0.29, 0.717) is 6.42 Å². The van der Waals surface area contributed by atoms with Crippen LogP contribution in [0.4, 0.5) is 0 Å². The third-order valence-electron chi connectivity index (χ3n) is 7.11. The van der Waals surface area contributed by atoms with Gasteiger partial charge in [-0.05, 0) is 50.2 Å². The standard InChI is InChI=1S/C22H28N2O5S/c25-13-22(24-9-11-28-12-10-24)6-3-14(4-7-22)29-16-5-8-23-20-19(16)18-15(21(26)27)1-2-17(18)30-20/h5,8,14-15,25H,1-4,6-7,9-13H2,(H,26,27)/t14?,15-,22?/m0/s1. The second-order valence-electron chi connectivity index (χ2n) is 8.66. The highest BCUT2D eigenvalue weighted by atomic mass is 32.1. The molecule has 2 N–H and O–H groups in total. The van der Waals surface area contributed by atoms with Crippen LogP contribution in [0.5, 0.6) is 5.75 Å². The first-order valence-electron chi connectivity index (χ1n) is 10.8. The summed E-state index contributed by atoms with van der Waals surface area (Å²) in [6.45, 7) is 3.36. The van der Waals surface area contributed by atoms with Crippen LogP contribution in [0.1, 0.15) is 48.5 Å². The molecule has 1 atom stereocenters. The highest BCUT2D eigenvalue weighted by molar-refractivity contribution is 7.19. The molecule has 30 heavy (non-hydrogen) atoms. The number of aromatic nitrogens is 1. The number of aliphatic carboxylic acids is 1. The van der Waals surface area contributed by atoms with Gasteiger partial charge in [-0.25, -0.2) is 4.98 Å². The number of aliphatic hydroxyl groups is 1. The Labute approximate surface area is 179 Å². The molecule has 2 fully saturated rings. The van der Waals surface area contributed by atoms with E-state index in [2.05, 4.69) is 9.88 Å². The second kappa shape index (κ2) is 8.07. The van der Waals surface area contributed by atoms with Gasteiger partial charge < -0.3 is 19.7 Å². The van der Waals surface area contributed by atoms with Crippen molar-refractivity contribution in [3.8, 4) is 5.75 Å². The minimum Gasteiger partial charge on any atom is -0.490 e. The van der Waals surface area contributed by atoms with Crippen molar-refractivity contribution < 1.29 is 24.5 Å². The summed E-state index contributed by atoms with van der Waals surface area (Å²) in [6, 6.07) is 1.88. The van der Waals surface area contributed by atoms with Crippen LogP contribution in [-0.2, 0) is 16.0 Å². The molecular weight excluding hydrogens is 404 g/mol. The number of ether oxygens (including phenoxy) is 2. The van der Waals surface area contributed by atoms with E-state index in [1.807, 2.05) is 6.07 Å². The van der Waals surface area contributed by atoms with Gasteiger partial charge in [-0.15, -0.1) is 11.3 Å². The highest BCUT2D eigenvalue weighted by Crippen LogP contribution is 2.47. The van der Waals surface area contributed by atoms with Gasteiger partial charge in [0, 0.05) is 29.7 Å². The largest absolute Gasteiger partial charge is 0.490 e. The molecule has 0 spiro atoms. The minimum atomic E-state index is -0.765. The first-order valence-corrected chi connectivity index (χ1v) is 11.7. The maximum absolute atomic E-state index is 11.8. The number of aryl methyl sites for hydroxylation is 1. The van der Waals surface area contributed by atoms with E-state index in [-0.39, 0.29) is 18.2 Å². The summed E-state index contributed by atoms with van der Waals surface area (Å²) in [6.07, 6.45) is 6.80. The number of hydrogen-bond acceptors (Lipinski definition) is 7. The number of carboxylic acid groups (broad SMARTS) is 1. The van der Waals surface area contributed by atoms with E-state index in [1.54, 1.807) is 17.5 Å². The van der Waals surface area contributed by atoms with Crippen molar-refractivity contribution in [2.45, 2.75) is 56.1 Å². The Kier molecular flexibility index (Phi) is 5.43. The molecule has 0 unspecified atom stereocenters.